The van der Waals surface area contributed by atoms with E-state index in [-0.39, 0.29) is 5.56 Å². The Morgan fingerprint density at radius 3 is 2.05 bits per heavy atom. The third-order valence-electron chi connectivity index (χ3n) is 3.98. The summed E-state index contributed by atoms with van der Waals surface area (Å²) in [6.45, 7) is 3.73. The van der Waals surface area contributed by atoms with Crippen LogP contribution < -0.4 is 0 Å². The van der Waals surface area contributed by atoms with E-state index in [1.165, 1.54) is 0 Å². The van der Waals surface area contributed by atoms with Gasteiger partial charge in [-0.3, -0.25) is 0 Å². The van der Waals surface area contributed by atoms with E-state index in [0.29, 0.717) is 12.8 Å². The number of halogens is 3. The molecule has 0 fully saturated rings. The van der Waals surface area contributed by atoms with Crippen LogP contribution in [-0.4, -0.2) is 29.6 Å². The lowest BCUT2D eigenvalue weighted by molar-refractivity contribution is -0.0172. The highest BCUT2D eigenvalue weighted by Gasteiger charge is 2.39. The molecule has 1 aromatic carbocycles. The van der Waals surface area contributed by atoms with E-state index in [4.69, 9.17) is 0 Å². The fourth-order valence-electron chi connectivity index (χ4n) is 2.56. The Bertz CT molecular complexity index is 445. The standard InChI is InChI=1S/C14H20F3NO/c1-5-14(6-2,18(3)4)13(19)9-7-8-10(15)12(17)11(9)16/h7-8,13,19H,5-6H2,1-4H3. The Morgan fingerprint density at radius 1 is 1.11 bits per heavy atom. The zero-order valence-electron chi connectivity index (χ0n) is 11.7. The molecule has 19 heavy (non-hydrogen) atoms. The van der Waals surface area contributed by atoms with Crippen LogP contribution in [0.4, 0.5) is 13.2 Å². The predicted molar refractivity (Wildman–Crippen MR) is 68.3 cm³/mol. The summed E-state index contributed by atoms with van der Waals surface area (Å²) < 4.78 is 40.0. The molecule has 1 rings (SSSR count). The van der Waals surface area contributed by atoms with Crippen LogP contribution in [0.5, 0.6) is 0 Å². The van der Waals surface area contributed by atoms with Crippen molar-refractivity contribution in [2.45, 2.75) is 38.3 Å². The van der Waals surface area contributed by atoms with Crippen molar-refractivity contribution in [3.05, 3.63) is 35.1 Å². The number of aliphatic hydroxyl groups excluding tert-OH is 1. The van der Waals surface area contributed by atoms with Crippen LogP contribution in [0.25, 0.3) is 0 Å². The number of nitrogens with zero attached hydrogens (tertiary/aromatic N) is 1. The Hall–Kier alpha value is -1.07. The molecule has 1 atom stereocenters. The number of likely N-dealkylation sites (N-methyl/N-ethyl adjacent to an activating group) is 1. The molecule has 0 heterocycles. The van der Waals surface area contributed by atoms with Crippen LogP contribution in [0.1, 0.15) is 38.4 Å². The van der Waals surface area contributed by atoms with Gasteiger partial charge in [-0.25, -0.2) is 13.2 Å². The van der Waals surface area contributed by atoms with Gasteiger partial charge in [-0.05, 0) is 33.0 Å². The van der Waals surface area contributed by atoms with Gasteiger partial charge >= 0.3 is 0 Å². The van der Waals surface area contributed by atoms with Crippen molar-refractivity contribution in [2.75, 3.05) is 14.1 Å². The van der Waals surface area contributed by atoms with Gasteiger partial charge in [0.1, 0.15) is 6.10 Å². The summed E-state index contributed by atoms with van der Waals surface area (Å²) in [4.78, 5) is 1.79. The first-order chi connectivity index (χ1) is 8.81. The fraction of sp³-hybridized carbons (Fsp3) is 0.571. The van der Waals surface area contributed by atoms with E-state index in [9.17, 15) is 18.3 Å². The summed E-state index contributed by atoms with van der Waals surface area (Å²) >= 11 is 0. The molecule has 0 radical (unpaired) electrons. The lowest BCUT2D eigenvalue weighted by Gasteiger charge is -2.42. The zero-order chi connectivity index (χ0) is 14.8. The average Bonchev–Trinajstić information content (AvgIpc) is 2.37. The molecule has 0 saturated heterocycles. The second-order valence-corrected chi connectivity index (χ2v) is 4.87. The molecular formula is C14H20F3NO. The van der Waals surface area contributed by atoms with Crippen LogP contribution >= 0.6 is 0 Å². The summed E-state index contributed by atoms with van der Waals surface area (Å²) in [6, 6.07) is 1.94. The molecule has 0 aliphatic rings. The van der Waals surface area contributed by atoms with Crippen molar-refractivity contribution in [1.29, 1.82) is 0 Å². The van der Waals surface area contributed by atoms with Crippen molar-refractivity contribution >= 4 is 0 Å². The molecule has 0 aliphatic carbocycles. The smallest absolute Gasteiger partial charge is 0.194 e. The highest BCUT2D eigenvalue weighted by Crippen LogP contribution is 2.37. The maximum Gasteiger partial charge on any atom is 0.194 e. The Morgan fingerprint density at radius 2 is 1.63 bits per heavy atom. The first-order valence-corrected chi connectivity index (χ1v) is 6.30. The zero-order valence-corrected chi connectivity index (χ0v) is 11.7. The van der Waals surface area contributed by atoms with Crippen LogP contribution in [0, 0.1) is 17.5 Å². The number of hydrogen-bond donors (Lipinski definition) is 1. The number of rotatable bonds is 5. The molecule has 108 valence electrons. The normalized spacial score (nSPS) is 13.9. The van der Waals surface area contributed by atoms with Crippen LogP contribution in [0.2, 0.25) is 0 Å². The summed E-state index contributed by atoms with van der Waals surface area (Å²) in [5.41, 5.74) is -0.929. The van der Waals surface area contributed by atoms with Crippen LogP contribution in [0.15, 0.2) is 12.1 Å². The van der Waals surface area contributed by atoms with E-state index >= 15 is 0 Å². The Kier molecular flexibility index (Phi) is 4.98. The van der Waals surface area contributed by atoms with Gasteiger partial charge in [0.2, 0.25) is 0 Å². The van der Waals surface area contributed by atoms with Gasteiger partial charge in [0, 0.05) is 5.56 Å². The summed E-state index contributed by atoms with van der Waals surface area (Å²) in [5, 5.41) is 10.4. The second-order valence-electron chi connectivity index (χ2n) is 4.87. The van der Waals surface area contributed by atoms with Crippen molar-refractivity contribution in [3.63, 3.8) is 0 Å². The summed E-state index contributed by atoms with van der Waals surface area (Å²) in [7, 11) is 3.54. The number of benzene rings is 1. The number of aliphatic hydroxyl groups is 1. The lowest BCUT2D eigenvalue weighted by Crippen LogP contribution is -2.48. The maximum atomic E-state index is 13.8. The van der Waals surface area contributed by atoms with Gasteiger partial charge in [0.15, 0.2) is 17.5 Å². The molecule has 1 N–H and O–H groups in total. The Labute approximate surface area is 111 Å². The highest BCUT2D eigenvalue weighted by atomic mass is 19.2. The van der Waals surface area contributed by atoms with Gasteiger partial charge in [-0.1, -0.05) is 19.9 Å². The fourth-order valence-corrected chi connectivity index (χ4v) is 2.56. The molecule has 2 nitrogen and oxygen atoms in total. The average molecular weight is 275 g/mol. The molecule has 0 saturated carbocycles. The topological polar surface area (TPSA) is 23.5 Å². The molecule has 5 heteroatoms. The number of hydrogen-bond acceptors (Lipinski definition) is 2. The SMILES string of the molecule is CCC(CC)(C(O)c1ccc(F)c(F)c1F)N(C)C. The molecule has 0 aromatic heterocycles. The third kappa shape index (κ3) is 2.62. The monoisotopic (exact) mass is 275 g/mol. The lowest BCUT2D eigenvalue weighted by atomic mass is 9.81. The molecule has 1 unspecified atom stereocenters. The molecular weight excluding hydrogens is 255 g/mol. The predicted octanol–water partition coefficient (Wildman–Crippen LogP) is 3.26. The highest BCUT2D eigenvalue weighted by molar-refractivity contribution is 5.25. The van der Waals surface area contributed by atoms with Gasteiger partial charge < -0.3 is 10.0 Å². The van der Waals surface area contributed by atoms with Gasteiger partial charge in [-0.2, -0.15) is 0 Å². The van der Waals surface area contributed by atoms with Gasteiger partial charge in [0.05, 0.1) is 5.54 Å². The first kappa shape index (κ1) is 16.0. The van der Waals surface area contributed by atoms with E-state index in [0.717, 1.165) is 12.1 Å². The van der Waals surface area contributed by atoms with Crippen molar-refractivity contribution in [1.82, 2.24) is 4.90 Å². The van der Waals surface area contributed by atoms with E-state index < -0.39 is 29.1 Å². The molecule has 0 spiro atoms. The minimum atomic E-state index is -1.54. The largest absolute Gasteiger partial charge is 0.386 e. The van der Waals surface area contributed by atoms with Crippen LogP contribution in [-0.2, 0) is 0 Å². The molecule has 0 bridgehead atoms. The van der Waals surface area contributed by atoms with Crippen molar-refractivity contribution < 1.29 is 18.3 Å². The second kappa shape index (κ2) is 5.92. The summed E-state index contributed by atoms with van der Waals surface area (Å²) in [5.74, 6) is -4.12. The van der Waals surface area contributed by atoms with E-state index in [2.05, 4.69) is 0 Å². The van der Waals surface area contributed by atoms with Crippen LogP contribution in [0.3, 0.4) is 0 Å². The first-order valence-electron chi connectivity index (χ1n) is 6.30. The van der Waals surface area contributed by atoms with Gasteiger partial charge in [0.25, 0.3) is 0 Å². The maximum absolute atomic E-state index is 13.8. The minimum absolute atomic E-state index is 0.212. The molecule has 1 aromatic rings. The Balaban J connectivity index is 3.32. The quantitative estimate of drug-likeness (QED) is 0.834. The van der Waals surface area contributed by atoms with E-state index in [1.807, 2.05) is 13.8 Å². The minimum Gasteiger partial charge on any atom is -0.386 e. The molecule has 0 amide bonds. The third-order valence-corrected chi connectivity index (χ3v) is 3.98. The van der Waals surface area contributed by atoms with Crippen molar-refractivity contribution in [3.8, 4) is 0 Å². The van der Waals surface area contributed by atoms with Gasteiger partial charge in [-0.15, -0.1) is 0 Å². The van der Waals surface area contributed by atoms with Crippen molar-refractivity contribution in [2.24, 2.45) is 0 Å². The van der Waals surface area contributed by atoms with E-state index in [1.54, 1.807) is 19.0 Å². The summed E-state index contributed by atoms with van der Waals surface area (Å²) in [6.07, 6.45) is -0.126. The molecule has 0 aliphatic heterocycles.